The van der Waals surface area contributed by atoms with E-state index < -0.39 is 4.92 Å². The first kappa shape index (κ1) is 21.2. The lowest BCUT2D eigenvalue weighted by molar-refractivity contribution is -0.380. The summed E-state index contributed by atoms with van der Waals surface area (Å²) in [6, 6.07) is 7.02. The van der Waals surface area contributed by atoms with E-state index >= 15 is 0 Å². The van der Waals surface area contributed by atoms with Gasteiger partial charge in [-0.05, 0) is 38.4 Å². The zero-order valence-corrected chi connectivity index (χ0v) is 16.9. The van der Waals surface area contributed by atoms with Crippen LogP contribution in [0, 0.1) is 15.9 Å². The van der Waals surface area contributed by atoms with Crippen LogP contribution in [0.25, 0.3) is 10.2 Å². The highest BCUT2D eigenvalue weighted by atomic mass is 35.5. The van der Waals surface area contributed by atoms with Crippen molar-refractivity contribution in [3.8, 4) is 0 Å². The lowest BCUT2D eigenvalue weighted by Gasteiger charge is -2.21. The first-order valence-corrected chi connectivity index (χ1v) is 9.25. The van der Waals surface area contributed by atoms with E-state index in [4.69, 9.17) is 0 Å². The third-order valence-corrected chi connectivity index (χ3v) is 5.63. The van der Waals surface area contributed by atoms with Gasteiger partial charge in [-0.15, -0.1) is 12.4 Å². The minimum atomic E-state index is -0.522. The number of thiophene rings is 1. The molecule has 0 N–H and O–H groups in total. The molecule has 2 heterocycles. The molecule has 3 rings (SSSR count). The van der Waals surface area contributed by atoms with Crippen molar-refractivity contribution in [2.45, 2.75) is 0 Å². The first-order chi connectivity index (χ1) is 12.3. The average molecular weight is 431 g/mol. The van der Waals surface area contributed by atoms with Gasteiger partial charge in [0.1, 0.15) is 5.82 Å². The van der Waals surface area contributed by atoms with E-state index in [1.165, 1.54) is 40.5 Å². The van der Waals surface area contributed by atoms with Crippen molar-refractivity contribution in [1.82, 2.24) is 9.88 Å². The van der Waals surface area contributed by atoms with Crippen molar-refractivity contribution in [3.63, 3.8) is 0 Å². The smallest absolute Gasteiger partial charge is 0.308 e. The van der Waals surface area contributed by atoms with Gasteiger partial charge in [0.2, 0.25) is 0 Å². The normalized spacial score (nSPS) is 10.8. The predicted molar refractivity (Wildman–Crippen MR) is 108 cm³/mol. The number of hydrogen-bond donors (Lipinski definition) is 0. The number of thiazole rings is 1. The van der Waals surface area contributed by atoms with Crippen LogP contribution in [0.4, 0.5) is 14.5 Å². The number of hydrogen-bond acceptors (Lipinski definition) is 7. The standard InChI is InChI=1S/C16H15FN4O3S2.ClH/c1-19(2)7-8-20(15(22)12-5-6-14(25-12)21(23)24)16-18-11-4-3-10(17)9-13(11)26-16;/h3-6,9H,7-8H2,1-2H3;1H. The molecule has 0 spiro atoms. The second-order valence-electron chi connectivity index (χ2n) is 5.76. The summed E-state index contributed by atoms with van der Waals surface area (Å²) in [7, 11) is 3.76. The maximum Gasteiger partial charge on any atom is 0.324 e. The van der Waals surface area contributed by atoms with E-state index in [1.807, 2.05) is 19.0 Å². The van der Waals surface area contributed by atoms with Crippen LogP contribution in [0.1, 0.15) is 9.67 Å². The lowest BCUT2D eigenvalue weighted by atomic mass is 10.3. The molecule has 0 bridgehead atoms. The second kappa shape index (κ2) is 8.70. The van der Waals surface area contributed by atoms with E-state index in [9.17, 15) is 19.3 Å². The van der Waals surface area contributed by atoms with Crippen molar-refractivity contribution in [2.75, 3.05) is 32.1 Å². The van der Waals surface area contributed by atoms with Crippen molar-refractivity contribution in [1.29, 1.82) is 0 Å². The molecule has 0 atom stereocenters. The molecule has 0 saturated carbocycles. The molecule has 0 aliphatic rings. The number of benzene rings is 1. The van der Waals surface area contributed by atoms with E-state index in [0.717, 1.165) is 11.3 Å². The summed E-state index contributed by atoms with van der Waals surface area (Å²) in [6.45, 7) is 0.948. The van der Waals surface area contributed by atoms with Crippen LogP contribution in [0.2, 0.25) is 0 Å². The van der Waals surface area contributed by atoms with Gasteiger partial charge in [-0.3, -0.25) is 19.8 Å². The Hall–Kier alpha value is -2.14. The van der Waals surface area contributed by atoms with Gasteiger partial charge in [-0.2, -0.15) is 0 Å². The summed E-state index contributed by atoms with van der Waals surface area (Å²) < 4.78 is 14.1. The highest BCUT2D eigenvalue weighted by molar-refractivity contribution is 7.22. The van der Waals surface area contributed by atoms with Crippen LogP contribution in [-0.2, 0) is 0 Å². The molecular weight excluding hydrogens is 415 g/mol. The largest absolute Gasteiger partial charge is 0.324 e. The topological polar surface area (TPSA) is 79.6 Å². The number of carbonyl (C=O) groups excluding carboxylic acids is 1. The number of nitrogens with zero attached hydrogens (tertiary/aromatic N) is 4. The minimum Gasteiger partial charge on any atom is -0.308 e. The van der Waals surface area contributed by atoms with Gasteiger partial charge in [0, 0.05) is 19.2 Å². The van der Waals surface area contributed by atoms with Crippen molar-refractivity contribution < 1.29 is 14.1 Å². The zero-order chi connectivity index (χ0) is 18.8. The van der Waals surface area contributed by atoms with Gasteiger partial charge in [0.05, 0.1) is 20.0 Å². The Balaban J connectivity index is 0.00000261. The molecule has 1 amide bonds. The second-order valence-corrected chi connectivity index (χ2v) is 7.83. The molecule has 0 saturated heterocycles. The lowest BCUT2D eigenvalue weighted by Crippen LogP contribution is -2.36. The minimum absolute atomic E-state index is 0. The van der Waals surface area contributed by atoms with E-state index in [-0.39, 0.29) is 34.0 Å². The quantitative estimate of drug-likeness (QED) is 0.435. The van der Waals surface area contributed by atoms with Crippen LogP contribution in [0.15, 0.2) is 30.3 Å². The molecule has 0 aliphatic carbocycles. The van der Waals surface area contributed by atoms with Crippen LogP contribution >= 0.6 is 35.1 Å². The SMILES string of the molecule is CN(C)CCN(C(=O)c1ccc([N+](=O)[O-])s1)c1nc2ccc(F)cc2s1.Cl. The Labute approximate surface area is 168 Å². The van der Waals surface area contributed by atoms with Crippen LogP contribution in [0.5, 0.6) is 0 Å². The first-order valence-electron chi connectivity index (χ1n) is 7.62. The van der Waals surface area contributed by atoms with Gasteiger partial charge in [0.25, 0.3) is 5.91 Å². The third kappa shape index (κ3) is 4.78. The summed E-state index contributed by atoms with van der Waals surface area (Å²) in [5, 5.41) is 11.2. The van der Waals surface area contributed by atoms with Crippen molar-refractivity contribution in [3.05, 3.63) is 51.1 Å². The summed E-state index contributed by atoms with van der Waals surface area (Å²) in [5.74, 6) is -0.725. The summed E-state index contributed by atoms with van der Waals surface area (Å²) in [4.78, 5) is 31.4. The number of rotatable bonds is 6. The van der Waals surface area contributed by atoms with E-state index in [0.29, 0.717) is 28.4 Å². The fourth-order valence-corrected chi connectivity index (χ4v) is 4.04. The number of amides is 1. The summed E-state index contributed by atoms with van der Waals surface area (Å²) in [5.41, 5.74) is 0.603. The van der Waals surface area contributed by atoms with Gasteiger partial charge in [0.15, 0.2) is 5.13 Å². The molecule has 7 nitrogen and oxygen atoms in total. The maximum absolute atomic E-state index is 13.4. The number of fused-ring (bicyclic) bond motifs is 1. The van der Waals surface area contributed by atoms with Crippen molar-refractivity contribution >= 4 is 61.3 Å². The summed E-state index contributed by atoms with van der Waals surface area (Å²) >= 11 is 2.04. The molecule has 27 heavy (non-hydrogen) atoms. The number of nitro groups is 1. The highest BCUT2D eigenvalue weighted by Crippen LogP contribution is 2.32. The predicted octanol–water partition coefficient (Wildman–Crippen LogP) is 4.04. The average Bonchev–Trinajstić information content (AvgIpc) is 3.20. The van der Waals surface area contributed by atoms with Gasteiger partial charge >= 0.3 is 5.00 Å². The molecule has 0 unspecified atom stereocenters. The molecule has 0 fully saturated rings. The van der Waals surface area contributed by atoms with Crippen LogP contribution in [0.3, 0.4) is 0 Å². The fourth-order valence-electron chi connectivity index (χ4n) is 2.26. The number of aromatic nitrogens is 1. The number of carbonyl (C=O) groups is 1. The number of likely N-dealkylation sites (N-methyl/N-ethyl adjacent to an activating group) is 1. The number of anilines is 1. The molecule has 2 aromatic heterocycles. The Kier molecular flexibility index (Phi) is 6.82. The monoisotopic (exact) mass is 430 g/mol. The molecule has 3 aromatic rings. The molecule has 0 aliphatic heterocycles. The van der Waals surface area contributed by atoms with E-state index in [2.05, 4.69) is 4.98 Å². The highest BCUT2D eigenvalue weighted by Gasteiger charge is 2.24. The fraction of sp³-hybridized carbons (Fsp3) is 0.250. The Morgan fingerprint density at radius 1 is 1.22 bits per heavy atom. The number of halogens is 2. The Morgan fingerprint density at radius 2 is 1.96 bits per heavy atom. The molecular formula is C16H16ClFN4O3S2. The van der Waals surface area contributed by atoms with Gasteiger partial charge in [-0.1, -0.05) is 22.7 Å². The van der Waals surface area contributed by atoms with E-state index in [1.54, 1.807) is 6.07 Å². The molecule has 11 heteroatoms. The van der Waals surface area contributed by atoms with Crippen LogP contribution < -0.4 is 4.90 Å². The molecule has 1 aromatic carbocycles. The summed E-state index contributed by atoms with van der Waals surface area (Å²) in [6.07, 6.45) is 0. The Bertz CT molecular complexity index is 976. The Morgan fingerprint density at radius 3 is 2.59 bits per heavy atom. The van der Waals surface area contributed by atoms with Gasteiger partial charge in [-0.25, -0.2) is 9.37 Å². The molecule has 144 valence electrons. The maximum atomic E-state index is 13.4. The van der Waals surface area contributed by atoms with Crippen LogP contribution in [-0.4, -0.2) is 47.9 Å². The third-order valence-electron chi connectivity index (χ3n) is 3.57. The van der Waals surface area contributed by atoms with Crippen molar-refractivity contribution in [2.24, 2.45) is 0 Å². The zero-order valence-electron chi connectivity index (χ0n) is 14.4. The van der Waals surface area contributed by atoms with Gasteiger partial charge < -0.3 is 4.90 Å². The molecule has 0 radical (unpaired) electrons.